The Balaban J connectivity index is 1.58. The first-order valence-electron chi connectivity index (χ1n) is 10.4. The number of carbonyl (C=O) groups excluding carboxylic acids is 2. The van der Waals surface area contributed by atoms with Crippen LogP contribution in [0.4, 0.5) is 25.4 Å². The number of carbonyl (C=O) groups is 2. The molecule has 31 heavy (non-hydrogen) atoms. The summed E-state index contributed by atoms with van der Waals surface area (Å²) in [6.07, 6.45) is -0.454. The number of halogens is 1. The highest BCUT2D eigenvalue weighted by Crippen LogP contribution is 2.28. The Morgan fingerprint density at radius 3 is 2.65 bits per heavy atom. The highest BCUT2D eigenvalue weighted by molar-refractivity contribution is 7.80. The number of piperazine rings is 1. The van der Waals surface area contributed by atoms with E-state index >= 15 is 0 Å². The van der Waals surface area contributed by atoms with Crippen molar-refractivity contribution >= 4 is 40.8 Å². The lowest BCUT2D eigenvalue weighted by atomic mass is 10.1. The number of methoxy groups -OCH3 is 1. The normalized spacial score (nSPS) is 18.9. The maximum Gasteiger partial charge on any atom is 0.414 e. The molecule has 0 aromatic heterocycles. The monoisotopic (exact) mass is 452 g/mol. The Hall–Kier alpha value is -2.62. The predicted octanol–water partition coefficient (Wildman–Crippen LogP) is 3.00. The fourth-order valence-electron chi connectivity index (χ4n) is 3.69. The summed E-state index contributed by atoms with van der Waals surface area (Å²) in [5.74, 6) is 0.0315. The molecule has 2 fully saturated rings. The Morgan fingerprint density at radius 1 is 1.32 bits per heavy atom. The zero-order valence-electron chi connectivity index (χ0n) is 18.1. The Bertz CT molecular complexity index is 830. The molecule has 2 heterocycles. The molecule has 1 N–H and O–H groups in total. The quantitative estimate of drug-likeness (QED) is 0.665. The van der Waals surface area contributed by atoms with Crippen molar-refractivity contribution in [3.05, 3.63) is 24.0 Å². The van der Waals surface area contributed by atoms with E-state index in [9.17, 15) is 14.0 Å². The summed E-state index contributed by atoms with van der Waals surface area (Å²) in [5.41, 5.74) is 0.893. The predicted molar refractivity (Wildman–Crippen MR) is 120 cm³/mol. The van der Waals surface area contributed by atoms with Crippen LogP contribution in [0.25, 0.3) is 0 Å². The first-order valence-corrected chi connectivity index (χ1v) is 10.8. The zero-order chi connectivity index (χ0) is 22.5. The second-order valence-electron chi connectivity index (χ2n) is 8.10. The molecule has 0 spiro atoms. The van der Waals surface area contributed by atoms with Gasteiger partial charge in [0.2, 0.25) is 0 Å². The minimum Gasteiger partial charge on any atom is -0.453 e. The second kappa shape index (κ2) is 10.1. The van der Waals surface area contributed by atoms with E-state index in [1.54, 1.807) is 17.0 Å². The number of hydrogen-bond acceptors (Lipinski definition) is 6. The van der Waals surface area contributed by atoms with Crippen LogP contribution in [0.1, 0.15) is 20.3 Å². The lowest BCUT2D eigenvalue weighted by Crippen LogP contribution is -2.49. The van der Waals surface area contributed by atoms with E-state index in [1.807, 2.05) is 4.90 Å². The third kappa shape index (κ3) is 5.75. The summed E-state index contributed by atoms with van der Waals surface area (Å²) < 4.78 is 25.0. The molecule has 0 aliphatic carbocycles. The minimum absolute atomic E-state index is 0.326. The highest BCUT2D eigenvalue weighted by atomic mass is 32.1. The third-order valence-electron chi connectivity index (χ3n) is 5.29. The van der Waals surface area contributed by atoms with E-state index in [0.717, 1.165) is 11.4 Å². The van der Waals surface area contributed by atoms with Crippen LogP contribution in [0.2, 0.25) is 0 Å². The topological polar surface area (TPSA) is 74.3 Å². The number of benzene rings is 1. The number of ether oxygens (including phenoxy) is 2. The van der Waals surface area contributed by atoms with Gasteiger partial charge in [-0.05, 0) is 24.1 Å². The van der Waals surface area contributed by atoms with Gasteiger partial charge in [0.15, 0.2) is 0 Å². The van der Waals surface area contributed by atoms with Crippen LogP contribution < -0.4 is 15.1 Å². The number of hydrogen-bond donors (Lipinski definition) is 1. The largest absolute Gasteiger partial charge is 0.453 e. The number of thiocarbonyl (C=S) groups is 1. The van der Waals surface area contributed by atoms with E-state index in [4.69, 9.17) is 21.7 Å². The molecule has 10 heteroatoms. The van der Waals surface area contributed by atoms with Crippen LogP contribution in [0.5, 0.6) is 0 Å². The molecule has 2 saturated heterocycles. The number of nitrogens with zero attached hydrogens (tertiary/aromatic N) is 3. The minimum atomic E-state index is -0.500. The maximum absolute atomic E-state index is 14.9. The van der Waals surface area contributed by atoms with Crippen LogP contribution >= 0.6 is 12.2 Å². The van der Waals surface area contributed by atoms with E-state index in [1.165, 1.54) is 18.1 Å². The average Bonchev–Trinajstić information content (AvgIpc) is 3.12. The Kier molecular flexibility index (Phi) is 7.53. The van der Waals surface area contributed by atoms with Crippen molar-refractivity contribution in [1.29, 1.82) is 0 Å². The molecule has 0 unspecified atom stereocenters. The Labute approximate surface area is 187 Å². The summed E-state index contributed by atoms with van der Waals surface area (Å²) in [4.78, 5) is 29.5. The van der Waals surface area contributed by atoms with Crippen LogP contribution in [-0.4, -0.2) is 74.6 Å². The van der Waals surface area contributed by atoms with Gasteiger partial charge in [-0.3, -0.25) is 4.90 Å². The first kappa shape index (κ1) is 23.1. The van der Waals surface area contributed by atoms with Crippen molar-refractivity contribution in [3.8, 4) is 0 Å². The number of nitrogens with one attached hydrogen (secondary N) is 1. The van der Waals surface area contributed by atoms with E-state index < -0.39 is 11.9 Å². The fourth-order valence-corrected chi connectivity index (χ4v) is 4.11. The van der Waals surface area contributed by atoms with Gasteiger partial charge in [-0.1, -0.05) is 26.1 Å². The van der Waals surface area contributed by atoms with Gasteiger partial charge in [-0.15, -0.1) is 0 Å². The summed E-state index contributed by atoms with van der Waals surface area (Å²) >= 11 is 5.29. The van der Waals surface area contributed by atoms with Crippen LogP contribution in [0, 0.1) is 11.7 Å². The molecule has 0 radical (unpaired) electrons. The maximum atomic E-state index is 14.9. The van der Waals surface area contributed by atoms with Gasteiger partial charge >= 0.3 is 12.2 Å². The Morgan fingerprint density at radius 2 is 2.03 bits per heavy atom. The highest BCUT2D eigenvalue weighted by Gasteiger charge is 2.33. The van der Waals surface area contributed by atoms with Gasteiger partial charge in [0, 0.05) is 32.6 Å². The molecule has 0 saturated carbocycles. The van der Waals surface area contributed by atoms with Crippen LogP contribution in [0.15, 0.2) is 18.2 Å². The molecule has 2 aliphatic rings. The standard InChI is InChI=1S/C21H29FN4O4S/c1-14(2)10-19(31)23-12-16-13-26(21(28)30-16)15-4-5-18(17(22)11-15)24-6-8-25(9-7-24)20(27)29-3/h4-5,11,14,16H,6-10,12-13H2,1-3H3,(H,23,31)/t16-/m0/s1. The molecule has 2 amide bonds. The fraction of sp³-hybridized carbons (Fsp3) is 0.571. The number of amides is 2. The zero-order valence-corrected chi connectivity index (χ0v) is 18.9. The van der Waals surface area contributed by atoms with Gasteiger partial charge in [0.25, 0.3) is 0 Å². The van der Waals surface area contributed by atoms with Crippen molar-refractivity contribution in [2.45, 2.75) is 26.4 Å². The van der Waals surface area contributed by atoms with Gasteiger partial charge in [0.05, 0.1) is 36.6 Å². The van der Waals surface area contributed by atoms with Crippen molar-refractivity contribution in [2.75, 3.05) is 56.2 Å². The average molecular weight is 453 g/mol. The van der Waals surface area contributed by atoms with Gasteiger partial charge in [-0.2, -0.15) is 0 Å². The van der Waals surface area contributed by atoms with Crippen molar-refractivity contribution in [3.63, 3.8) is 0 Å². The lowest BCUT2D eigenvalue weighted by Gasteiger charge is -2.35. The van der Waals surface area contributed by atoms with E-state index in [0.29, 0.717) is 56.6 Å². The molecule has 2 aliphatic heterocycles. The smallest absolute Gasteiger partial charge is 0.414 e. The van der Waals surface area contributed by atoms with Gasteiger partial charge in [0.1, 0.15) is 11.9 Å². The van der Waals surface area contributed by atoms with Crippen molar-refractivity contribution in [2.24, 2.45) is 5.92 Å². The van der Waals surface area contributed by atoms with E-state index in [2.05, 4.69) is 19.2 Å². The molecule has 0 bridgehead atoms. The first-order chi connectivity index (χ1) is 14.8. The molecule has 1 atom stereocenters. The van der Waals surface area contributed by atoms with Crippen molar-refractivity contribution in [1.82, 2.24) is 10.2 Å². The van der Waals surface area contributed by atoms with Gasteiger partial charge in [-0.25, -0.2) is 14.0 Å². The SMILES string of the molecule is COC(=O)N1CCN(c2ccc(N3C[C@H](CNC(=S)CC(C)C)OC3=O)cc2F)CC1. The molecule has 8 nitrogen and oxygen atoms in total. The summed E-state index contributed by atoms with van der Waals surface area (Å²) in [6.45, 7) is 6.85. The molecular weight excluding hydrogens is 423 g/mol. The third-order valence-corrected chi connectivity index (χ3v) is 5.60. The van der Waals surface area contributed by atoms with Crippen LogP contribution in [0.3, 0.4) is 0 Å². The number of anilines is 2. The lowest BCUT2D eigenvalue weighted by molar-refractivity contribution is 0.121. The summed E-state index contributed by atoms with van der Waals surface area (Å²) in [5, 5.41) is 3.14. The summed E-state index contributed by atoms with van der Waals surface area (Å²) in [7, 11) is 1.34. The number of rotatable bonds is 6. The molecule has 1 aromatic rings. The van der Waals surface area contributed by atoms with Crippen LogP contribution in [-0.2, 0) is 9.47 Å². The van der Waals surface area contributed by atoms with Gasteiger partial charge < -0.3 is 24.6 Å². The second-order valence-corrected chi connectivity index (χ2v) is 8.59. The molecule has 1 aromatic carbocycles. The summed E-state index contributed by atoms with van der Waals surface area (Å²) in [6, 6.07) is 4.73. The molecule has 170 valence electrons. The molecule has 3 rings (SSSR count). The van der Waals surface area contributed by atoms with E-state index in [-0.39, 0.29) is 12.2 Å². The molecular formula is C21H29FN4O4S. The number of cyclic esters (lactones) is 1. The van der Waals surface area contributed by atoms with Crippen molar-refractivity contribution < 1.29 is 23.5 Å².